The van der Waals surface area contributed by atoms with Crippen molar-refractivity contribution in [3.8, 4) is 0 Å². The summed E-state index contributed by atoms with van der Waals surface area (Å²) in [6.45, 7) is 0. The number of aromatic nitrogens is 1. The van der Waals surface area contributed by atoms with Crippen molar-refractivity contribution >= 4 is 38.8 Å². The van der Waals surface area contributed by atoms with Gasteiger partial charge in [0, 0.05) is 5.02 Å². The first-order valence-electron chi connectivity index (χ1n) is 4.12. The molecule has 1 heterocycles. The van der Waals surface area contributed by atoms with Crippen LogP contribution >= 0.6 is 22.9 Å². The molecule has 0 fully saturated rings. The largest absolute Gasteiger partial charge is 0.375 e. The molecule has 2 rings (SSSR count). The van der Waals surface area contributed by atoms with Crippen molar-refractivity contribution in [3.63, 3.8) is 0 Å². The normalized spacial score (nSPS) is 11.0. The summed E-state index contributed by atoms with van der Waals surface area (Å²) in [5.74, 6) is 0. The van der Waals surface area contributed by atoms with Gasteiger partial charge in [0.1, 0.15) is 0 Å². The molecule has 0 bridgehead atoms. The smallest absolute Gasteiger partial charge is 0.182 e. The predicted octanol–water partition coefficient (Wildman–Crippen LogP) is 3.79. The van der Waals surface area contributed by atoms with Crippen LogP contribution in [-0.4, -0.2) is 4.98 Å². The zero-order valence-electron chi connectivity index (χ0n) is 7.59. The van der Waals surface area contributed by atoms with E-state index in [9.17, 15) is 0 Å². The van der Waals surface area contributed by atoms with Gasteiger partial charge in [-0.05, 0) is 24.3 Å². The number of benzene rings is 1. The van der Waals surface area contributed by atoms with Gasteiger partial charge in [0.15, 0.2) is 10.1 Å². The van der Waals surface area contributed by atoms with Crippen LogP contribution in [-0.2, 0) is 0 Å². The number of azo groups is 1. The maximum atomic E-state index is 5.74. The van der Waals surface area contributed by atoms with E-state index < -0.39 is 0 Å². The molecule has 6 heteroatoms. The Morgan fingerprint density at radius 3 is 2.53 bits per heavy atom. The third-order valence-corrected chi connectivity index (χ3v) is 2.56. The van der Waals surface area contributed by atoms with Crippen molar-refractivity contribution < 1.29 is 0 Å². The van der Waals surface area contributed by atoms with Crippen molar-refractivity contribution in [2.45, 2.75) is 0 Å². The van der Waals surface area contributed by atoms with E-state index in [2.05, 4.69) is 15.2 Å². The molecule has 0 aliphatic carbocycles. The van der Waals surface area contributed by atoms with Gasteiger partial charge in [-0.25, -0.2) is 4.98 Å². The topological polar surface area (TPSA) is 63.6 Å². The van der Waals surface area contributed by atoms with Crippen LogP contribution in [0.2, 0.25) is 5.02 Å². The maximum Gasteiger partial charge on any atom is 0.182 e. The van der Waals surface area contributed by atoms with E-state index in [4.69, 9.17) is 17.3 Å². The molecule has 0 saturated carbocycles. The van der Waals surface area contributed by atoms with Crippen LogP contribution in [0.5, 0.6) is 0 Å². The third-order valence-electron chi connectivity index (χ3n) is 1.60. The molecule has 0 saturated heterocycles. The van der Waals surface area contributed by atoms with Gasteiger partial charge >= 0.3 is 0 Å². The minimum atomic E-state index is 0.486. The molecule has 2 aromatic rings. The second-order valence-corrected chi connectivity index (χ2v) is 4.19. The van der Waals surface area contributed by atoms with Crippen molar-refractivity contribution in [2.24, 2.45) is 10.2 Å². The number of nitrogen functional groups attached to an aromatic ring is 1. The lowest BCUT2D eigenvalue weighted by molar-refractivity contribution is 1.24. The molecule has 0 radical (unpaired) electrons. The molecule has 2 N–H and O–H groups in total. The van der Waals surface area contributed by atoms with Gasteiger partial charge < -0.3 is 5.73 Å². The number of anilines is 1. The first-order chi connectivity index (χ1) is 7.24. The molecule has 0 spiro atoms. The highest BCUT2D eigenvalue weighted by Gasteiger charge is 1.95. The van der Waals surface area contributed by atoms with Crippen LogP contribution in [0.15, 0.2) is 40.7 Å². The Labute approximate surface area is 95.4 Å². The summed E-state index contributed by atoms with van der Waals surface area (Å²) in [5, 5.41) is 9.84. The fourth-order valence-electron chi connectivity index (χ4n) is 0.940. The Kier molecular flexibility index (Phi) is 2.94. The lowest BCUT2D eigenvalue weighted by Crippen LogP contribution is -1.77. The summed E-state index contributed by atoms with van der Waals surface area (Å²) in [7, 11) is 0. The van der Waals surface area contributed by atoms with E-state index in [0.29, 0.717) is 15.2 Å². The van der Waals surface area contributed by atoms with Crippen molar-refractivity contribution in [3.05, 3.63) is 35.5 Å². The molecule has 0 aliphatic rings. The van der Waals surface area contributed by atoms with Gasteiger partial charge in [-0.15, -0.1) is 10.2 Å². The minimum absolute atomic E-state index is 0.486. The number of hydrogen-bond donors (Lipinski definition) is 1. The van der Waals surface area contributed by atoms with Crippen molar-refractivity contribution in [2.75, 3.05) is 5.73 Å². The number of nitrogens with zero attached hydrogens (tertiary/aromatic N) is 3. The number of halogens is 1. The van der Waals surface area contributed by atoms with Gasteiger partial charge in [0.05, 0.1) is 11.9 Å². The standard InChI is InChI=1S/C9H7ClN4S/c10-6-1-3-7(4-2-6)13-14-8-5-12-9(11)15-8/h1-5H,(H2,11,12). The predicted molar refractivity (Wildman–Crippen MR) is 62.2 cm³/mol. The molecule has 0 aliphatic heterocycles. The van der Waals surface area contributed by atoms with E-state index >= 15 is 0 Å². The fourth-order valence-corrected chi connectivity index (χ4v) is 1.57. The lowest BCUT2D eigenvalue weighted by Gasteiger charge is -1.90. The Morgan fingerprint density at radius 2 is 1.93 bits per heavy atom. The van der Waals surface area contributed by atoms with Gasteiger partial charge in [0.2, 0.25) is 0 Å². The average molecular weight is 239 g/mol. The first-order valence-corrected chi connectivity index (χ1v) is 5.32. The summed E-state index contributed by atoms with van der Waals surface area (Å²) in [4.78, 5) is 3.86. The summed E-state index contributed by atoms with van der Waals surface area (Å²) in [6, 6.07) is 7.10. The molecule has 1 aromatic heterocycles. The Morgan fingerprint density at radius 1 is 1.20 bits per heavy atom. The van der Waals surface area contributed by atoms with E-state index in [1.807, 2.05) is 0 Å². The van der Waals surface area contributed by atoms with Crippen LogP contribution < -0.4 is 5.73 Å². The monoisotopic (exact) mass is 238 g/mol. The van der Waals surface area contributed by atoms with E-state index in [1.54, 1.807) is 30.5 Å². The number of thiazole rings is 1. The molecular formula is C9H7ClN4S. The Hall–Kier alpha value is -1.46. The highest BCUT2D eigenvalue weighted by atomic mass is 35.5. The Balaban J connectivity index is 2.14. The minimum Gasteiger partial charge on any atom is -0.375 e. The van der Waals surface area contributed by atoms with Gasteiger partial charge in [0.25, 0.3) is 0 Å². The molecule has 1 aromatic carbocycles. The molecule has 0 amide bonds. The molecule has 4 nitrogen and oxygen atoms in total. The van der Waals surface area contributed by atoms with Crippen molar-refractivity contribution in [1.29, 1.82) is 0 Å². The summed E-state index contributed by atoms with van der Waals surface area (Å²) >= 11 is 7.03. The lowest BCUT2D eigenvalue weighted by atomic mass is 10.3. The molecule has 0 unspecified atom stereocenters. The molecule has 76 valence electrons. The number of hydrogen-bond acceptors (Lipinski definition) is 5. The average Bonchev–Trinajstić information content (AvgIpc) is 2.64. The van der Waals surface area contributed by atoms with Crippen LogP contribution in [0, 0.1) is 0 Å². The zero-order chi connectivity index (χ0) is 10.7. The third kappa shape index (κ3) is 2.74. The van der Waals surface area contributed by atoms with E-state index in [1.165, 1.54) is 11.3 Å². The van der Waals surface area contributed by atoms with Crippen LogP contribution in [0.1, 0.15) is 0 Å². The van der Waals surface area contributed by atoms with E-state index in [0.717, 1.165) is 5.69 Å². The van der Waals surface area contributed by atoms with Crippen molar-refractivity contribution in [1.82, 2.24) is 4.98 Å². The Bertz CT molecular complexity index is 477. The summed E-state index contributed by atoms with van der Waals surface area (Å²) in [6.07, 6.45) is 1.58. The summed E-state index contributed by atoms with van der Waals surface area (Å²) in [5.41, 5.74) is 6.20. The van der Waals surface area contributed by atoms with Gasteiger partial charge in [-0.1, -0.05) is 22.9 Å². The van der Waals surface area contributed by atoms with Gasteiger partial charge in [-0.3, -0.25) is 0 Å². The second-order valence-electron chi connectivity index (χ2n) is 2.71. The maximum absolute atomic E-state index is 5.74. The molecule has 0 atom stereocenters. The van der Waals surface area contributed by atoms with Crippen LogP contribution in [0.25, 0.3) is 0 Å². The molecule has 15 heavy (non-hydrogen) atoms. The fraction of sp³-hybridized carbons (Fsp3) is 0. The van der Waals surface area contributed by atoms with E-state index in [-0.39, 0.29) is 0 Å². The van der Waals surface area contributed by atoms with Gasteiger partial charge in [-0.2, -0.15) is 0 Å². The molecular weight excluding hydrogens is 232 g/mol. The second kappa shape index (κ2) is 4.37. The summed E-state index contributed by atoms with van der Waals surface area (Å²) < 4.78 is 0. The highest BCUT2D eigenvalue weighted by molar-refractivity contribution is 7.18. The number of rotatable bonds is 2. The number of nitrogens with two attached hydrogens (primary N) is 1. The zero-order valence-corrected chi connectivity index (χ0v) is 9.16. The quantitative estimate of drug-likeness (QED) is 0.809. The van der Waals surface area contributed by atoms with Crippen LogP contribution in [0.4, 0.5) is 15.8 Å². The van der Waals surface area contributed by atoms with Crippen LogP contribution in [0.3, 0.4) is 0 Å². The first kappa shape index (κ1) is 10.1. The highest BCUT2D eigenvalue weighted by Crippen LogP contribution is 2.26. The SMILES string of the molecule is Nc1ncc(N=Nc2ccc(Cl)cc2)s1.